The van der Waals surface area contributed by atoms with E-state index in [2.05, 4.69) is 29.2 Å². The fourth-order valence-corrected chi connectivity index (χ4v) is 3.39. The number of nitrogens with zero attached hydrogens (tertiary/aromatic N) is 1. The van der Waals surface area contributed by atoms with Crippen molar-refractivity contribution in [2.24, 2.45) is 5.92 Å². The Morgan fingerprint density at radius 3 is 2.58 bits per heavy atom. The molecule has 0 aromatic heterocycles. The molecular formula is C21H28ClNO3. The maximum Gasteiger partial charge on any atom is 0.309 e. The van der Waals surface area contributed by atoms with E-state index in [1.54, 1.807) is 0 Å². The van der Waals surface area contributed by atoms with Crippen LogP contribution in [-0.2, 0) is 9.53 Å². The predicted octanol–water partition coefficient (Wildman–Crippen LogP) is 4.31. The molecule has 0 saturated carbocycles. The SMILES string of the molecule is CCOC(=O)C1CCN(CCCOc2ccc3ccccc3c2)CC1.Cl. The molecule has 1 aliphatic rings. The molecule has 0 unspecified atom stereocenters. The highest BCUT2D eigenvalue weighted by molar-refractivity contribution is 5.85. The van der Waals surface area contributed by atoms with Gasteiger partial charge in [-0.3, -0.25) is 4.79 Å². The van der Waals surface area contributed by atoms with Crippen LogP contribution in [0.15, 0.2) is 42.5 Å². The molecule has 2 aromatic rings. The first kappa shape index (κ1) is 20.5. The van der Waals surface area contributed by atoms with Gasteiger partial charge in [0.2, 0.25) is 0 Å². The maximum atomic E-state index is 11.8. The second kappa shape index (κ2) is 10.4. The van der Waals surface area contributed by atoms with Crippen LogP contribution < -0.4 is 4.74 Å². The first-order valence-corrected chi connectivity index (χ1v) is 9.27. The third-order valence-corrected chi connectivity index (χ3v) is 4.82. The minimum atomic E-state index is -0.0261. The molecule has 1 aliphatic heterocycles. The molecule has 1 saturated heterocycles. The van der Waals surface area contributed by atoms with Crippen molar-refractivity contribution in [1.82, 2.24) is 4.90 Å². The number of halogens is 1. The number of likely N-dealkylation sites (tertiary alicyclic amines) is 1. The number of carbonyl (C=O) groups is 1. The number of rotatable bonds is 7. The summed E-state index contributed by atoms with van der Waals surface area (Å²) >= 11 is 0. The number of carbonyl (C=O) groups excluding carboxylic acids is 1. The summed E-state index contributed by atoms with van der Waals surface area (Å²) in [7, 11) is 0. The van der Waals surface area contributed by atoms with Crippen LogP contribution in [0.5, 0.6) is 5.75 Å². The van der Waals surface area contributed by atoms with Gasteiger partial charge in [-0.05, 0) is 62.2 Å². The van der Waals surface area contributed by atoms with Crippen molar-refractivity contribution in [3.63, 3.8) is 0 Å². The molecular weight excluding hydrogens is 350 g/mol. The second-order valence-electron chi connectivity index (χ2n) is 6.58. The van der Waals surface area contributed by atoms with Crippen LogP contribution in [0.2, 0.25) is 0 Å². The zero-order valence-corrected chi connectivity index (χ0v) is 16.2. The van der Waals surface area contributed by atoms with Crippen molar-refractivity contribution < 1.29 is 14.3 Å². The Labute approximate surface area is 161 Å². The normalized spacial score (nSPS) is 15.4. The van der Waals surface area contributed by atoms with E-state index in [9.17, 15) is 4.79 Å². The van der Waals surface area contributed by atoms with Crippen molar-refractivity contribution in [3.05, 3.63) is 42.5 Å². The highest BCUT2D eigenvalue weighted by Gasteiger charge is 2.25. The lowest BCUT2D eigenvalue weighted by atomic mass is 9.97. The Bertz CT molecular complexity index is 698. The van der Waals surface area contributed by atoms with Crippen molar-refractivity contribution >= 4 is 29.1 Å². The first-order valence-electron chi connectivity index (χ1n) is 9.27. The quantitative estimate of drug-likeness (QED) is 0.532. The minimum Gasteiger partial charge on any atom is -0.494 e. The van der Waals surface area contributed by atoms with Crippen molar-refractivity contribution in [3.8, 4) is 5.75 Å². The molecule has 2 aromatic carbocycles. The van der Waals surface area contributed by atoms with E-state index in [4.69, 9.17) is 9.47 Å². The summed E-state index contributed by atoms with van der Waals surface area (Å²) in [6, 6.07) is 14.5. The van der Waals surface area contributed by atoms with Crippen LogP contribution in [0.25, 0.3) is 10.8 Å². The van der Waals surface area contributed by atoms with E-state index in [-0.39, 0.29) is 24.3 Å². The summed E-state index contributed by atoms with van der Waals surface area (Å²) in [6.45, 7) is 6.02. The Hall–Kier alpha value is -1.78. The molecule has 5 heteroatoms. The third kappa shape index (κ3) is 5.61. The predicted molar refractivity (Wildman–Crippen MR) is 107 cm³/mol. The Balaban J connectivity index is 0.00000243. The van der Waals surface area contributed by atoms with Gasteiger partial charge in [-0.1, -0.05) is 30.3 Å². The lowest BCUT2D eigenvalue weighted by molar-refractivity contribution is -0.149. The molecule has 0 atom stereocenters. The highest BCUT2D eigenvalue weighted by atomic mass is 35.5. The summed E-state index contributed by atoms with van der Waals surface area (Å²) in [5.41, 5.74) is 0. The van der Waals surface area contributed by atoms with Gasteiger partial charge in [0.05, 0.1) is 19.1 Å². The Morgan fingerprint density at radius 1 is 1.12 bits per heavy atom. The zero-order valence-electron chi connectivity index (χ0n) is 15.4. The summed E-state index contributed by atoms with van der Waals surface area (Å²) in [5.74, 6) is 0.992. The number of fused-ring (bicyclic) bond motifs is 1. The summed E-state index contributed by atoms with van der Waals surface area (Å²) in [4.78, 5) is 14.2. The van der Waals surface area contributed by atoms with Gasteiger partial charge in [0.15, 0.2) is 0 Å². The molecule has 0 bridgehead atoms. The number of ether oxygens (including phenoxy) is 2. The molecule has 1 fully saturated rings. The standard InChI is InChI=1S/C21H27NO3.ClH/c1-2-24-21(23)18-10-13-22(14-11-18)12-5-15-25-20-9-8-17-6-3-4-7-19(17)16-20;/h3-4,6-9,16,18H,2,5,10-15H2,1H3;1H. The number of hydrogen-bond donors (Lipinski definition) is 0. The van der Waals surface area contributed by atoms with Gasteiger partial charge in [0.1, 0.15) is 5.75 Å². The molecule has 4 nitrogen and oxygen atoms in total. The summed E-state index contributed by atoms with van der Waals surface area (Å²) < 4.78 is 11.0. The minimum absolute atomic E-state index is 0. The van der Waals surface area contributed by atoms with Crippen molar-refractivity contribution in [2.45, 2.75) is 26.2 Å². The second-order valence-corrected chi connectivity index (χ2v) is 6.58. The van der Waals surface area contributed by atoms with Crippen molar-refractivity contribution in [2.75, 3.05) is 32.8 Å². The average Bonchev–Trinajstić information content (AvgIpc) is 2.66. The van der Waals surface area contributed by atoms with E-state index < -0.39 is 0 Å². The van der Waals surface area contributed by atoms with Crippen LogP contribution >= 0.6 is 12.4 Å². The van der Waals surface area contributed by atoms with Gasteiger partial charge >= 0.3 is 5.97 Å². The van der Waals surface area contributed by atoms with Gasteiger partial charge in [-0.2, -0.15) is 0 Å². The molecule has 0 N–H and O–H groups in total. The van der Waals surface area contributed by atoms with Gasteiger partial charge in [-0.25, -0.2) is 0 Å². The van der Waals surface area contributed by atoms with Gasteiger partial charge in [0.25, 0.3) is 0 Å². The fraction of sp³-hybridized carbons (Fsp3) is 0.476. The molecule has 0 radical (unpaired) electrons. The molecule has 0 spiro atoms. The zero-order chi connectivity index (χ0) is 17.5. The van der Waals surface area contributed by atoms with Crippen LogP contribution in [0.3, 0.4) is 0 Å². The monoisotopic (exact) mass is 377 g/mol. The lowest BCUT2D eigenvalue weighted by Gasteiger charge is -2.30. The number of piperidine rings is 1. The maximum absolute atomic E-state index is 11.8. The smallest absolute Gasteiger partial charge is 0.309 e. The molecule has 1 heterocycles. The average molecular weight is 378 g/mol. The number of hydrogen-bond acceptors (Lipinski definition) is 4. The summed E-state index contributed by atoms with van der Waals surface area (Å²) in [6.07, 6.45) is 2.81. The fourth-order valence-electron chi connectivity index (χ4n) is 3.39. The van der Waals surface area contributed by atoms with Gasteiger partial charge in [-0.15, -0.1) is 12.4 Å². The number of benzene rings is 2. The Morgan fingerprint density at radius 2 is 1.85 bits per heavy atom. The molecule has 0 aliphatic carbocycles. The molecule has 142 valence electrons. The topological polar surface area (TPSA) is 38.8 Å². The molecule has 3 rings (SSSR count). The van der Waals surface area contributed by atoms with Crippen LogP contribution in [0.4, 0.5) is 0 Å². The van der Waals surface area contributed by atoms with E-state index in [1.165, 1.54) is 10.8 Å². The number of esters is 1. The summed E-state index contributed by atoms with van der Waals surface area (Å²) in [5, 5.41) is 2.44. The largest absolute Gasteiger partial charge is 0.494 e. The first-order chi connectivity index (χ1) is 12.3. The molecule has 0 amide bonds. The van der Waals surface area contributed by atoms with E-state index in [0.717, 1.165) is 51.3 Å². The highest BCUT2D eigenvalue weighted by Crippen LogP contribution is 2.21. The van der Waals surface area contributed by atoms with Crippen LogP contribution in [0, 0.1) is 5.92 Å². The van der Waals surface area contributed by atoms with E-state index in [1.807, 2.05) is 25.1 Å². The van der Waals surface area contributed by atoms with E-state index >= 15 is 0 Å². The van der Waals surface area contributed by atoms with Gasteiger partial charge in [0, 0.05) is 6.54 Å². The van der Waals surface area contributed by atoms with Crippen LogP contribution in [-0.4, -0.2) is 43.7 Å². The van der Waals surface area contributed by atoms with Crippen molar-refractivity contribution in [1.29, 1.82) is 0 Å². The van der Waals surface area contributed by atoms with Gasteiger partial charge < -0.3 is 14.4 Å². The Kier molecular flexibility index (Phi) is 8.20. The third-order valence-electron chi connectivity index (χ3n) is 4.82. The molecule has 26 heavy (non-hydrogen) atoms. The van der Waals surface area contributed by atoms with E-state index in [0.29, 0.717) is 6.61 Å². The van der Waals surface area contributed by atoms with Crippen LogP contribution in [0.1, 0.15) is 26.2 Å². The lowest BCUT2D eigenvalue weighted by Crippen LogP contribution is -2.37.